The number of amides is 1. The van der Waals surface area contributed by atoms with Crippen molar-refractivity contribution in [1.82, 2.24) is 9.47 Å². The molecular formula is C38H33BrN4O4S. The Bertz CT molecular complexity index is 2310. The molecule has 0 aliphatic carbocycles. The molecule has 0 saturated heterocycles. The summed E-state index contributed by atoms with van der Waals surface area (Å²) in [6, 6.07) is 26.2. The predicted molar refractivity (Wildman–Crippen MR) is 192 cm³/mol. The molecule has 0 radical (unpaired) electrons. The highest BCUT2D eigenvalue weighted by molar-refractivity contribution is 9.10. The van der Waals surface area contributed by atoms with Crippen molar-refractivity contribution in [3.63, 3.8) is 0 Å². The molecule has 5 aromatic rings. The molecule has 48 heavy (non-hydrogen) atoms. The highest BCUT2D eigenvalue weighted by Crippen LogP contribution is 2.40. The zero-order chi connectivity index (χ0) is 33.9. The summed E-state index contributed by atoms with van der Waals surface area (Å²) in [5, 5.41) is 11.3. The average Bonchev–Trinajstić information content (AvgIpc) is 3.40. The maximum absolute atomic E-state index is 14.4. The molecule has 1 aliphatic rings. The van der Waals surface area contributed by atoms with Gasteiger partial charge >= 0.3 is 0 Å². The molecule has 1 atom stereocenters. The molecular weight excluding hydrogens is 688 g/mol. The molecule has 10 heteroatoms. The first-order valence-corrected chi connectivity index (χ1v) is 17.2. The molecule has 2 heterocycles. The van der Waals surface area contributed by atoms with Crippen LogP contribution in [0.4, 0.5) is 0 Å². The fourth-order valence-electron chi connectivity index (χ4n) is 6.07. The number of hydrogen-bond acceptors (Lipinski definition) is 7. The smallest absolute Gasteiger partial charge is 0.271 e. The molecule has 0 fully saturated rings. The lowest BCUT2D eigenvalue weighted by atomic mass is 9.90. The second-order valence-electron chi connectivity index (χ2n) is 11.2. The van der Waals surface area contributed by atoms with Crippen molar-refractivity contribution in [3.8, 4) is 17.6 Å². The van der Waals surface area contributed by atoms with Crippen LogP contribution in [0.2, 0.25) is 0 Å². The summed E-state index contributed by atoms with van der Waals surface area (Å²) in [6.45, 7) is 7.01. The van der Waals surface area contributed by atoms with Gasteiger partial charge in [0, 0.05) is 24.2 Å². The molecule has 0 unspecified atom stereocenters. The summed E-state index contributed by atoms with van der Waals surface area (Å²) >= 11 is 4.90. The van der Waals surface area contributed by atoms with Crippen molar-refractivity contribution in [2.45, 2.75) is 33.4 Å². The van der Waals surface area contributed by atoms with Gasteiger partial charge in [0.2, 0.25) is 0 Å². The third-order valence-electron chi connectivity index (χ3n) is 8.50. The molecule has 0 bridgehead atoms. The Balaban J connectivity index is 1.47. The van der Waals surface area contributed by atoms with Crippen LogP contribution in [0.5, 0.6) is 11.5 Å². The van der Waals surface area contributed by atoms with Gasteiger partial charge in [-0.2, -0.15) is 5.26 Å². The van der Waals surface area contributed by atoms with Crippen molar-refractivity contribution in [2.75, 3.05) is 20.2 Å². The third-order valence-corrected chi connectivity index (χ3v) is 10.1. The van der Waals surface area contributed by atoms with Crippen molar-refractivity contribution >= 4 is 50.0 Å². The maximum Gasteiger partial charge on any atom is 0.271 e. The molecule has 0 saturated carbocycles. The Morgan fingerprint density at radius 1 is 1.06 bits per heavy atom. The molecule has 6 rings (SSSR count). The first-order chi connectivity index (χ1) is 23.3. The van der Waals surface area contributed by atoms with E-state index < -0.39 is 6.04 Å². The van der Waals surface area contributed by atoms with Gasteiger partial charge in [-0.25, -0.2) is 4.99 Å². The van der Waals surface area contributed by atoms with Crippen LogP contribution in [0.3, 0.4) is 0 Å². The van der Waals surface area contributed by atoms with E-state index in [1.165, 1.54) is 11.3 Å². The van der Waals surface area contributed by atoms with Gasteiger partial charge in [0.25, 0.3) is 11.5 Å². The normalized spacial score (nSPS) is 14.3. The summed E-state index contributed by atoms with van der Waals surface area (Å²) < 4.78 is 14.7. The number of rotatable bonds is 9. The van der Waals surface area contributed by atoms with Crippen LogP contribution in [0.25, 0.3) is 16.8 Å². The van der Waals surface area contributed by atoms with Gasteiger partial charge in [-0.3, -0.25) is 14.2 Å². The quantitative estimate of drug-likeness (QED) is 0.174. The van der Waals surface area contributed by atoms with Crippen LogP contribution >= 0.6 is 27.3 Å². The van der Waals surface area contributed by atoms with E-state index in [9.17, 15) is 14.9 Å². The number of nitriles is 1. The maximum atomic E-state index is 14.4. The lowest BCUT2D eigenvalue weighted by Gasteiger charge is -2.30. The van der Waals surface area contributed by atoms with E-state index in [2.05, 4.69) is 22.0 Å². The summed E-state index contributed by atoms with van der Waals surface area (Å²) in [6.07, 6.45) is 1.83. The molecule has 242 valence electrons. The van der Waals surface area contributed by atoms with Crippen LogP contribution in [0.15, 0.2) is 104 Å². The SMILES string of the molecule is CCN(CC)C(=O)C1=C(C)N=c2s/c(=C/c3ccc(OCc4ccccc4C#N)c(Br)c3)c(=O)n2[C@@H]1c1c(OC)ccc2ccccc12. The second kappa shape index (κ2) is 14.0. The van der Waals surface area contributed by atoms with Crippen molar-refractivity contribution < 1.29 is 14.3 Å². The number of nitrogens with zero attached hydrogens (tertiary/aromatic N) is 4. The van der Waals surface area contributed by atoms with Gasteiger partial charge in [0.05, 0.1) is 39.0 Å². The lowest BCUT2D eigenvalue weighted by molar-refractivity contribution is -0.127. The number of halogens is 1. The Morgan fingerprint density at radius 2 is 1.79 bits per heavy atom. The van der Waals surface area contributed by atoms with E-state index in [-0.39, 0.29) is 18.1 Å². The number of benzene rings is 4. The third kappa shape index (κ3) is 6.07. The van der Waals surface area contributed by atoms with Gasteiger partial charge in [-0.1, -0.05) is 65.9 Å². The van der Waals surface area contributed by atoms with E-state index in [1.807, 2.05) is 99.6 Å². The molecule has 8 nitrogen and oxygen atoms in total. The summed E-state index contributed by atoms with van der Waals surface area (Å²) in [7, 11) is 1.60. The van der Waals surface area contributed by atoms with Crippen LogP contribution in [0.1, 0.15) is 49.1 Å². The second-order valence-corrected chi connectivity index (χ2v) is 13.1. The minimum Gasteiger partial charge on any atom is -0.496 e. The fraction of sp³-hybridized carbons (Fsp3) is 0.211. The Kier molecular flexibility index (Phi) is 9.62. The largest absolute Gasteiger partial charge is 0.496 e. The zero-order valence-electron chi connectivity index (χ0n) is 27.0. The van der Waals surface area contributed by atoms with E-state index in [1.54, 1.807) is 22.6 Å². The molecule has 1 aliphatic heterocycles. The number of aromatic nitrogens is 1. The van der Waals surface area contributed by atoms with Gasteiger partial charge < -0.3 is 14.4 Å². The van der Waals surface area contributed by atoms with E-state index in [4.69, 9.17) is 14.5 Å². The van der Waals surface area contributed by atoms with E-state index in [0.717, 1.165) is 27.5 Å². The van der Waals surface area contributed by atoms with Crippen LogP contribution in [-0.2, 0) is 11.4 Å². The van der Waals surface area contributed by atoms with Gasteiger partial charge in [-0.05, 0) is 83.4 Å². The lowest BCUT2D eigenvalue weighted by Crippen LogP contribution is -2.43. The molecule has 1 amide bonds. The highest BCUT2D eigenvalue weighted by atomic mass is 79.9. The van der Waals surface area contributed by atoms with Crippen molar-refractivity contribution in [1.29, 1.82) is 5.26 Å². The number of thiazole rings is 1. The van der Waals surface area contributed by atoms with Gasteiger partial charge in [0.15, 0.2) is 4.80 Å². The zero-order valence-corrected chi connectivity index (χ0v) is 29.4. The average molecular weight is 722 g/mol. The minimum atomic E-state index is -0.753. The first-order valence-electron chi connectivity index (χ1n) is 15.6. The Labute approximate surface area is 290 Å². The monoisotopic (exact) mass is 720 g/mol. The number of carbonyl (C=O) groups excluding carboxylic acids is 1. The number of likely N-dealkylation sites (N-methyl/N-ethyl adjacent to an activating group) is 1. The predicted octanol–water partition coefficient (Wildman–Crippen LogP) is 6.48. The highest BCUT2D eigenvalue weighted by Gasteiger charge is 2.36. The number of hydrogen-bond donors (Lipinski definition) is 0. The topological polar surface area (TPSA) is 96.9 Å². The number of methoxy groups -OCH3 is 1. The Morgan fingerprint density at radius 3 is 2.52 bits per heavy atom. The fourth-order valence-corrected chi connectivity index (χ4v) is 7.63. The van der Waals surface area contributed by atoms with Crippen LogP contribution in [0, 0.1) is 11.3 Å². The molecule has 1 aromatic heterocycles. The molecule has 0 N–H and O–H groups in total. The van der Waals surface area contributed by atoms with Crippen molar-refractivity contribution in [2.24, 2.45) is 4.99 Å². The first kappa shape index (κ1) is 32.9. The number of ether oxygens (including phenoxy) is 2. The summed E-state index contributed by atoms with van der Waals surface area (Å²) in [5.74, 6) is 1.04. The number of fused-ring (bicyclic) bond motifs is 2. The van der Waals surface area contributed by atoms with E-state index in [0.29, 0.717) is 55.2 Å². The van der Waals surface area contributed by atoms with Crippen molar-refractivity contribution in [3.05, 3.63) is 137 Å². The van der Waals surface area contributed by atoms with E-state index >= 15 is 0 Å². The van der Waals surface area contributed by atoms with Gasteiger partial charge in [0.1, 0.15) is 24.1 Å². The standard InChI is InChI=1S/C38H33BrN4O4S/c1-5-42(6-2)37(45)33-23(3)41-38-43(35(33)34-28-14-10-9-11-25(28)16-18-31(34)46-4)36(44)32(48-38)20-24-15-17-30(29(39)19-24)47-22-27-13-8-7-12-26(27)21-40/h7-20,35H,5-6,22H2,1-4H3/b32-20+/t35-/m0/s1. The van der Waals surface area contributed by atoms with Crippen LogP contribution < -0.4 is 24.4 Å². The Hall–Kier alpha value is -4.98. The molecule has 0 spiro atoms. The summed E-state index contributed by atoms with van der Waals surface area (Å²) in [5.41, 5.74) is 3.67. The number of allylic oxidation sites excluding steroid dienone is 1. The minimum absolute atomic E-state index is 0.160. The number of carbonyl (C=O) groups is 1. The van der Waals surface area contributed by atoms with Gasteiger partial charge in [-0.15, -0.1) is 0 Å². The molecule has 4 aromatic carbocycles. The summed E-state index contributed by atoms with van der Waals surface area (Å²) in [4.78, 5) is 35.7. The van der Waals surface area contributed by atoms with Crippen LogP contribution in [-0.4, -0.2) is 35.6 Å².